The average Bonchev–Trinajstić information content (AvgIpc) is 3.17. The minimum Gasteiger partial charge on any atom is -0.443 e. The minimum absolute atomic E-state index is 0.0203. The molecule has 0 aromatic heterocycles. The first-order valence-electron chi connectivity index (χ1n) is 12.8. The number of hydrogen-bond donors (Lipinski definition) is 6. The van der Waals surface area contributed by atoms with Gasteiger partial charge in [0.05, 0.1) is 11.7 Å². The van der Waals surface area contributed by atoms with E-state index in [0.29, 0.717) is 6.42 Å². The fourth-order valence-corrected chi connectivity index (χ4v) is 3.84. The summed E-state index contributed by atoms with van der Waals surface area (Å²) in [7, 11) is 0. The number of hydroxylamine groups is 1. The first-order valence-corrected chi connectivity index (χ1v) is 12.8. The van der Waals surface area contributed by atoms with E-state index in [1.54, 1.807) is 26.3 Å². The van der Waals surface area contributed by atoms with Crippen molar-refractivity contribution in [1.82, 2.24) is 16.1 Å². The number of anilines is 2. The zero-order valence-corrected chi connectivity index (χ0v) is 22.9. The Morgan fingerprint density at radius 2 is 1.88 bits per heavy atom. The van der Waals surface area contributed by atoms with Gasteiger partial charge in [-0.3, -0.25) is 24.0 Å². The Morgan fingerprint density at radius 3 is 2.46 bits per heavy atom. The van der Waals surface area contributed by atoms with Crippen molar-refractivity contribution in [2.75, 3.05) is 16.8 Å². The number of nitrogens with two attached hydrogens (primary N) is 2. The molecule has 2 unspecified atom stereocenters. The molecule has 1 aliphatic rings. The van der Waals surface area contributed by atoms with Crippen LogP contribution in [0.15, 0.2) is 18.2 Å². The van der Waals surface area contributed by atoms with Crippen molar-refractivity contribution in [3.05, 3.63) is 23.8 Å². The Balaban J connectivity index is 2.30. The van der Waals surface area contributed by atoms with E-state index in [-0.39, 0.29) is 48.7 Å². The van der Waals surface area contributed by atoms with E-state index in [4.69, 9.17) is 16.2 Å². The molecule has 1 heterocycles. The summed E-state index contributed by atoms with van der Waals surface area (Å²) >= 11 is 0. The summed E-state index contributed by atoms with van der Waals surface area (Å²) in [6.45, 7) is 4.82. The van der Waals surface area contributed by atoms with Crippen molar-refractivity contribution in [3.8, 4) is 0 Å². The standard InChI is InChI=1S/C25H35N7O9/c1-13(2)20(26)22(36)30-17(5-4-8-28-24(27)38)21(35)29-16-7-6-15(11-40-25(39)31-41-12-33)18(10-16)32-19(34)9-14(3)23(32)37/h6-7,10,12-14,17,20H,4-5,8-9,11,26H2,1-3H3,(H,29,35)(H,30,36)(H,31,39)(H3,27,28,38)/t14?,17?,20-/m0/s1. The molecule has 7 amide bonds. The van der Waals surface area contributed by atoms with Crippen molar-refractivity contribution in [3.63, 3.8) is 0 Å². The Bertz CT molecular complexity index is 1170. The van der Waals surface area contributed by atoms with Gasteiger partial charge in [-0.2, -0.15) is 0 Å². The molecule has 3 atom stereocenters. The summed E-state index contributed by atoms with van der Waals surface area (Å²) in [5.74, 6) is -2.93. The van der Waals surface area contributed by atoms with Crippen LogP contribution in [0.5, 0.6) is 0 Å². The molecule has 1 fully saturated rings. The largest absolute Gasteiger partial charge is 0.443 e. The molecule has 1 saturated heterocycles. The summed E-state index contributed by atoms with van der Waals surface area (Å²) in [6, 6.07) is 1.58. The summed E-state index contributed by atoms with van der Waals surface area (Å²) in [5.41, 5.74) is 13.2. The average molecular weight is 578 g/mol. The number of benzene rings is 1. The first-order chi connectivity index (χ1) is 19.3. The van der Waals surface area contributed by atoms with Gasteiger partial charge in [-0.1, -0.05) is 26.8 Å². The van der Waals surface area contributed by atoms with Gasteiger partial charge in [0.2, 0.25) is 23.6 Å². The van der Waals surface area contributed by atoms with E-state index in [2.05, 4.69) is 20.8 Å². The fourth-order valence-electron chi connectivity index (χ4n) is 3.84. The highest BCUT2D eigenvalue weighted by Crippen LogP contribution is 2.32. The minimum atomic E-state index is -1.10. The lowest BCUT2D eigenvalue weighted by atomic mass is 10.0. The van der Waals surface area contributed by atoms with Gasteiger partial charge in [0.1, 0.15) is 12.6 Å². The summed E-state index contributed by atoms with van der Waals surface area (Å²) in [6.07, 6.45) is -0.714. The van der Waals surface area contributed by atoms with Crippen LogP contribution in [0.4, 0.5) is 21.0 Å². The first kappa shape index (κ1) is 32.5. The predicted molar refractivity (Wildman–Crippen MR) is 143 cm³/mol. The highest BCUT2D eigenvalue weighted by Gasteiger charge is 2.38. The van der Waals surface area contributed by atoms with Crippen molar-refractivity contribution >= 4 is 53.6 Å². The van der Waals surface area contributed by atoms with E-state index in [1.165, 1.54) is 18.2 Å². The van der Waals surface area contributed by atoms with Gasteiger partial charge in [0.15, 0.2) is 0 Å². The molecule has 16 heteroatoms. The summed E-state index contributed by atoms with van der Waals surface area (Å²) in [4.78, 5) is 89.2. The van der Waals surface area contributed by atoms with Gasteiger partial charge in [-0.25, -0.2) is 14.5 Å². The SMILES string of the molecule is CC1CC(=O)N(c2cc(NC(=O)C(CCCNC(N)=O)NC(=O)[C@@H](N)C(C)C)ccc2COC(=O)NOC=O)C1=O. The number of ether oxygens (including phenoxy) is 1. The third-order valence-electron chi connectivity index (χ3n) is 6.14. The van der Waals surface area contributed by atoms with Gasteiger partial charge in [0, 0.05) is 30.1 Å². The maximum absolute atomic E-state index is 13.2. The van der Waals surface area contributed by atoms with Crippen LogP contribution in [0.3, 0.4) is 0 Å². The molecule has 1 aliphatic heterocycles. The normalized spacial score (nSPS) is 16.0. The van der Waals surface area contributed by atoms with Crippen LogP contribution in [-0.4, -0.2) is 60.9 Å². The van der Waals surface area contributed by atoms with Crippen LogP contribution in [-0.2, 0) is 40.2 Å². The zero-order chi connectivity index (χ0) is 30.7. The molecule has 1 aromatic rings. The second kappa shape index (κ2) is 15.2. The summed E-state index contributed by atoms with van der Waals surface area (Å²) < 4.78 is 4.98. The molecule has 2 rings (SSSR count). The maximum atomic E-state index is 13.2. The Kier molecular flexibility index (Phi) is 12.0. The number of imide groups is 1. The monoisotopic (exact) mass is 577 g/mol. The molecule has 8 N–H and O–H groups in total. The van der Waals surface area contributed by atoms with E-state index >= 15 is 0 Å². The number of nitrogens with zero attached hydrogens (tertiary/aromatic N) is 1. The zero-order valence-electron chi connectivity index (χ0n) is 22.9. The van der Waals surface area contributed by atoms with E-state index in [0.717, 1.165) is 4.90 Å². The molecule has 0 saturated carbocycles. The molecule has 0 spiro atoms. The number of nitrogens with one attached hydrogen (secondary N) is 4. The lowest BCUT2D eigenvalue weighted by Crippen LogP contribution is -2.51. The molecule has 1 aromatic carbocycles. The van der Waals surface area contributed by atoms with Crippen molar-refractivity contribution < 1.29 is 43.1 Å². The molecule has 41 heavy (non-hydrogen) atoms. The van der Waals surface area contributed by atoms with Crippen LogP contribution in [0.1, 0.15) is 45.6 Å². The number of rotatable bonds is 14. The van der Waals surface area contributed by atoms with Crippen LogP contribution >= 0.6 is 0 Å². The molecule has 0 radical (unpaired) electrons. The molecular weight excluding hydrogens is 542 g/mol. The topological polar surface area (TPSA) is 241 Å². The van der Waals surface area contributed by atoms with Gasteiger partial charge in [0.25, 0.3) is 0 Å². The number of amides is 7. The Labute approximate surface area is 235 Å². The smallest absolute Gasteiger partial charge is 0.441 e. The van der Waals surface area contributed by atoms with Crippen LogP contribution in [0, 0.1) is 11.8 Å². The summed E-state index contributed by atoms with van der Waals surface area (Å²) in [5, 5.41) is 7.68. The van der Waals surface area contributed by atoms with E-state index < -0.39 is 60.4 Å². The van der Waals surface area contributed by atoms with Gasteiger partial charge >= 0.3 is 18.6 Å². The second-order valence-corrected chi connectivity index (χ2v) is 9.66. The van der Waals surface area contributed by atoms with Gasteiger partial charge in [-0.15, -0.1) is 5.48 Å². The van der Waals surface area contributed by atoms with Crippen molar-refractivity contribution in [1.29, 1.82) is 0 Å². The molecular formula is C25H35N7O9. The van der Waals surface area contributed by atoms with Gasteiger partial charge < -0.3 is 37.0 Å². The predicted octanol–water partition coefficient (Wildman–Crippen LogP) is -0.245. The third-order valence-corrected chi connectivity index (χ3v) is 6.14. The molecule has 0 aliphatic carbocycles. The van der Waals surface area contributed by atoms with E-state index in [1.807, 2.05) is 0 Å². The van der Waals surface area contributed by atoms with Crippen molar-refractivity contribution in [2.45, 2.75) is 58.7 Å². The quantitative estimate of drug-likeness (QED) is 0.0733. The number of primary amides is 1. The number of carbonyl (C=O) groups excluding carboxylic acids is 7. The number of carbonyl (C=O) groups is 7. The number of urea groups is 1. The van der Waals surface area contributed by atoms with Gasteiger partial charge in [-0.05, 0) is 30.9 Å². The molecule has 16 nitrogen and oxygen atoms in total. The second-order valence-electron chi connectivity index (χ2n) is 9.66. The van der Waals surface area contributed by atoms with Crippen molar-refractivity contribution in [2.24, 2.45) is 23.3 Å². The van der Waals surface area contributed by atoms with Crippen LogP contribution in [0.25, 0.3) is 0 Å². The van der Waals surface area contributed by atoms with E-state index in [9.17, 15) is 33.6 Å². The van der Waals surface area contributed by atoms with Crippen LogP contribution in [0.2, 0.25) is 0 Å². The van der Waals surface area contributed by atoms with Crippen LogP contribution < -0.4 is 37.8 Å². The highest BCUT2D eigenvalue weighted by atomic mass is 16.7. The molecule has 0 bridgehead atoms. The molecule has 224 valence electrons. The lowest BCUT2D eigenvalue weighted by molar-refractivity contribution is -0.134. The maximum Gasteiger partial charge on any atom is 0.441 e. The highest BCUT2D eigenvalue weighted by molar-refractivity contribution is 6.21. The number of hydrogen-bond acceptors (Lipinski definition) is 10. The fraction of sp³-hybridized carbons (Fsp3) is 0.480. The lowest BCUT2D eigenvalue weighted by Gasteiger charge is -2.23. The third kappa shape index (κ3) is 9.45. The Morgan fingerprint density at radius 1 is 1.17 bits per heavy atom. The Hall–Kier alpha value is -4.73.